The van der Waals surface area contributed by atoms with E-state index in [1.54, 1.807) is 0 Å². The molecule has 0 heterocycles. The molecule has 96 valence electrons. The Labute approximate surface area is 118 Å². The standard InChI is InChI=1S/C15H19BrN2/c1-11(13-7-3-4-8-14(13)16)18-15-9-5-2-6-12(15)10-17/h3-4,7-8,11-12,15,18H,2,5-6,9H2,1H3/t11-,12?,15?/m1/s1. The first-order valence-corrected chi connectivity index (χ1v) is 7.41. The predicted octanol–water partition coefficient (Wildman–Crippen LogP) is 4.18. The van der Waals surface area contributed by atoms with E-state index in [4.69, 9.17) is 0 Å². The molecule has 1 N–H and O–H groups in total. The van der Waals surface area contributed by atoms with Gasteiger partial charge in [0.15, 0.2) is 0 Å². The van der Waals surface area contributed by atoms with E-state index in [2.05, 4.69) is 52.4 Å². The molecule has 2 nitrogen and oxygen atoms in total. The molecule has 3 atom stereocenters. The third-order valence-corrected chi connectivity index (χ3v) is 4.49. The second kappa shape index (κ2) is 6.36. The van der Waals surface area contributed by atoms with Crippen LogP contribution in [0.2, 0.25) is 0 Å². The van der Waals surface area contributed by atoms with Crippen molar-refractivity contribution in [2.45, 2.75) is 44.7 Å². The van der Waals surface area contributed by atoms with Crippen LogP contribution in [0.15, 0.2) is 28.7 Å². The van der Waals surface area contributed by atoms with Gasteiger partial charge in [-0.2, -0.15) is 5.26 Å². The molecule has 1 aliphatic rings. The molecule has 1 fully saturated rings. The highest BCUT2D eigenvalue weighted by atomic mass is 79.9. The van der Waals surface area contributed by atoms with Crippen molar-refractivity contribution < 1.29 is 0 Å². The summed E-state index contributed by atoms with van der Waals surface area (Å²) in [6.07, 6.45) is 4.59. The van der Waals surface area contributed by atoms with E-state index in [0.29, 0.717) is 6.04 Å². The lowest BCUT2D eigenvalue weighted by atomic mass is 9.85. The van der Waals surface area contributed by atoms with Gasteiger partial charge in [0.25, 0.3) is 0 Å². The van der Waals surface area contributed by atoms with Crippen LogP contribution in [0.3, 0.4) is 0 Å². The van der Waals surface area contributed by atoms with E-state index in [-0.39, 0.29) is 12.0 Å². The summed E-state index contributed by atoms with van der Waals surface area (Å²) in [5.41, 5.74) is 1.26. The van der Waals surface area contributed by atoms with Gasteiger partial charge >= 0.3 is 0 Å². The van der Waals surface area contributed by atoms with Crippen LogP contribution in [0.25, 0.3) is 0 Å². The van der Waals surface area contributed by atoms with E-state index >= 15 is 0 Å². The minimum Gasteiger partial charge on any atom is -0.306 e. The van der Waals surface area contributed by atoms with Crippen molar-refractivity contribution in [3.05, 3.63) is 34.3 Å². The summed E-state index contributed by atoms with van der Waals surface area (Å²) in [4.78, 5) is 0. The molecule has 1 aromatic carbocycles. The number of halogens is 1. The Kier molecular flexibility index (Phi) is 4.79. The van der Waals surface area contributed by atoms with E-state index in [0.717, 1.165) is 17.3 Å². The molecule has 0 aromatic heterocycles. The zero-order valence-electron chi connectivity index (χ0n) is 10.7. The van der Waals surface area contributed by atoms with Crippen molar-refractivity contribution in [3.63, 3.8) is 0 Å². The first-order valence-electron chi connectivity index (χ1n) is 6.62. The summed E-state index contributed by atoms with van der Waals surface area (Å²) in [6, 6.07) is 11.3. The molecule has 0 spiro atoms. The number of benzene rings is 1. The number of hydrogen-bond donors (Lipinski definition) is 1. The van der Waals surface area contributed by atoms with Crippen LogP contribution in [0.4, 0.5) is 0 Å². The molecule has 2 unspecified atom stereocenters. The second-order valence-electron chi connectivity index (χ2n) is 5.04. The summed E-state index contributed by atoms with van der Waals surface area (Å²) in [7, 11) is 0. The highest BCUT2D eigenvalue weighted by Gasteiger charge is 2.26. The summed E-state index contributed by atoms with van der Waals surface area (Å²) < 4.78 is 1.13. The quantitative estimate of drug-likeness (QED) is 0.909. The van der Waals surface area contributed by atoms with Gasteiger partial charge in [-0.3, -0.25) is 0 Å². The molecule has 0 radical (unpaired) electrons. The van der Waals surface area contributed by atoms with Gasteiger partial charge < -0.3 is 5.32 Å². The maximum atomic E-state index is 9.20. The predicted molar refractivity (Wildman–Crippen MR) is 77.1 cm³/mol. The van der Waals surface area contributed by atoms with Gasteiger partial charge in [0.2, 0.25) is 0 Å². The van der Waals surface area contributed by atoms with Crippen LogP contribution >= 0.6 is 15.9 Å². The Hall–Kier alpha value is -0.850. The summed E-state index contributed by atoms with van der Waals surface area (Å²) in [5, 5.41) is 12.8. The molecule has 0 aliphatic heterocycles. The Morgan fingerprint density at radius 1 is 1.33 bits per heavy atom. The molecular formula is C15H19BrN2. The van der Waals surface area contributed by atoms with Crippen LogP contribution in [0.5, 0.6) is 0 Å². The van der Waals surface area contributed by atoms with E-state index in [9.17, 15) is 5.26 Å². The van der Waals surface area contributed by atoms with Crippen molar-refractivity contribution in [1.29, 1.82) is 5.26 Å². The highest BCUT2D eigenvalue weighted by Crippen LogP contribution is 2.28. The van der Waals surface area contributed by atoms with Crippen molar-refractivity contribution in [2.24, 2.45) is 5.92 Å². The molecule has 0 saturated heterocycles. The molecule has 0 bridgehead atoms. The molecule has 0 amide bonds. The Morgan fingerprint density at radius 2 is 2.06 bits per heavy atom. The summed E-state index contributed by atoms with van der Waals surface area (Å²) >= 11 is 3.59. The number of nitriles is 1. The average molecular weight is 307 g/mol. The van der Waals surface area contributed by atoms with Crippen molar-refractivity contribution in [3.8, 4) is 6.07 Å². The molecule has 2 rings (SSSR count). The normalized spacial score (nSPS) is 25.4. The first-order chi connectivity index (χ1) is 8.72. The highest BCUT2D eigenvalue weighted by molar-refractivity contribution is 9.10. The minimum atomic E-state index is 0.170. The third kappa shape index (κ3) is 3.13. The molecular weight excluding hydrogens is 288 g/mol. The van der Waals surface area contributed by atoms with Crippen LogP contribution < -0.4 is 5.32 Å². The van der Waals surface area contributed by atoms with Gasteiger partial charge in [0, 0.05) is 16.6 Å². The topological polar surface area (TPSA) is 35.8 Å². The second-order valence-corrected chi connectivity index (χ2v) is 5.89. The van der Waals surface area contributed by atoms with Crippen LogP contribution in [-0.4, -0.2) is 6.04 Å². The molecule has 18 heavy (non-hydrogen) atoms. The fraction of sp³-hybridized carbons (Fsp3) is 0.533. The largest absolute Gasteiger partial charge is 0.306 e. The molecule has 3 heteroatoms. The SMILES string of the molecule is C[C@@H](NC1CCCCC1C#N)c1ccccc1Br. The van der Waals surface area contributed by atoms with E-state index in [1.807, 2.05) is 6.07 Å². The number of nitrogens with zero attached hydrogens (tertiary/aromatic N) is 1. The molecule has 1 saturated carbocycles. The van der Waals surface area contributed by atoms with Crippen molar-refractivity contribution in [2.75, 3.05) is 0 Å². The van der Waals surface area contributed by atoms with Crippen LogP contribution in [0.1, 0.15) is 44.2 Å². The van der Waals surface area contributed by atoms with E-state index < -0.39 is 0 Å². The number of nitrogens with one attached hydrogen (secondary N) is 1. The van der Waals surface area contributed by atoms with Gasteiger partial charge in [-0.1, -0.05) is 47.0 Å². The van der Waals surface area contributed by atoms with Crippen molar-refractivity contribution >= 4 is 15.9 Å². The lowest BCUT2D eigenvalue weighted by Crippen LogP contribution is -2.39. The summed E-state index contributed by atoms with van der Waals surface area (Å²) in [5.74, 6) is 0.170. The van der Waals surface area contributed by atoms with Gasteiger partial charge in [0.1, 0.15) is 0 Å². The Morgan fingerprint density at radius 3 is 2.78 bits per heavy atom. The van der Waals surface area contributed by atoms with Gasteiger partial charge in [0.05, 0.1) is 12.0 Å². The minimum absolute atomic E-state index is 0.170. The Balaban J connectivity index is 2.05. The number of rotatable bonds is 3. The maximum absolute atomic E-state index is 9.20. The van der Waals surface area contributed by atoms with Gasteiger partial charge in [-0.15, -0.1) is 0 Å². The van der Waals surface area contributed by atoms with Crippen LogP contribution in [-0.2, 0) is 0 Å². The van der Waals surface area contributed by atoms with Crippen LogP contribution in [0, 0.1) is 17.2 Å². The monoisotopic (exact) mass is 306 g/mol. The third-order valence-electron chi connectivity index (χ3n) is 3.77. The zero-order valence-corrected chi connectivity index (χ0v) is 12.3. The fourth-order valence-corrected chi connectivity index (χ4v) is 3.35. The Bertz CT molecular complexity index is 438. The zero-order chi connectivity index (χ0) is 13.0. The number of hydrogen-bond acceptors (Lipinski definition) is 2. The molecule has 1 aromatic rings. The average Bonchev–Trinajstić information content (AvgIpc) is 2.39. The van der Waals surface area contributed by atoms with E-state index in [1.165, 1.54) is 18.4 Å². The smallest absolute Gasteiger partial charge is 0.0672 e. The van der Waals surface area contributed by atoms with Gasteiger partial charge in [-0.05, 0) is 31.4 Å². The lowest BCUT2D eigenvalue weighted by molar-refractivity contribution is 0.292. The van der Waals surface area contributed by atoms with Crippen molar-refractivity contribution in [1.82, 2.24) is 5.32 Å². The fourth-order valence-electron chi connectivity index (χ4n) is 2.72. The lowest BCUT2D eigenvalue weighted by Gasteiger charge is -2.31. The molecule has 1 aliphatic carbocycles. The summed E-state index contributed by atoms with van der Waals surface area (Å²) in [6.45, 7) is 2.17. The van der Waals surface area contributed by atoms with Gasteiger partial charge in [-0.25, -0.2) is 0 Å². The first kappa shape index (κ1) is 13.6. The maximum Gasteiger partial charge on any atom is 0.0672 e.